The Morgan fingerprint density at radius 1 is 1.23 bits per heavy atom. The van der Waals surface area contributed by atoms with Crippen LogP contribution in [0, 0.1) is 0 Å². The van der Waals surface area contributed by atoms with E-state index in [1.165, 1.54) is 11.3 Å². The molecule has 10 nitrogen and oxygen atoms in total. The van der Waals surface area contributed by atoms with Crippen molar-refractivity contribution in [3.8, 4) is 0 Å². The maximum absolute atomic E-state index is 12.7. The van der Waals surface area contributed by atoms with Gasteiger partial charge in [-0.1, -0.05) is 41.7 Å². The van der Waals surface area contributed by atoms with E-state index in [-0.39, 0.29) is 11.9 Å². The van der Waals surface area contributed by atoms with Crippen molar-refractivity contribution in [3.05, 3.63) is 48.3 Å². The molecule has 1 fully saturated rings. The van der Waals surface area contributed by atoms with Crippen molar-refractivity contribution in [2.24, 2.45) is 0 Å². The number of carbonyl (C=O) groups excluding carboxylic acids is 1. The van der Waals surface area contributed by atoms with E-state index < -0.39 is 6.10 Å². The van der Waals surface area contributed by atoms with Gasteiger partial charge in [0.05, 0.1) is 12.4 Å². The average Bonchev–Trinajstić information content (AvgIpc) is 3.43. The van der Waals surface area contributed by atoms with Crippen molar-refractivity contribution in [1.29, 1.82) is 0 Å². The molecule has 4 rings (SSSR count). The van der Waals surface area contributed by atoms with Gasteiger partial charge in [-0.15, -0.1) is 15.3 Å². The number of ether oxygens (including phenoxy) is 1. The van der Waals surface area contributed by atoms with Gasteiger partial charge in [-0.05, 0) is 18.9 Å². The van der Waals surface area contributed by atoms with Gasteiger partial charge in [0.15, 0.2) is 6.10 Å². The van der Waals surface area contributed by atoms with Gasteiger partial charge >= 0.3 is 0 Å². The molecular weight excluding hydrogens is 404 g/mol. The van der Waals surface area contributed by atoms with Gasteiger partial charge in [0.25, 0.3) is 5.91 Å². The van der Waals surface area contributed by atoms with Crippen LogP contribution in [-0.2, 0) is 9.53 Å². The Balaban J connectivity index is 1.34. The molecule has 1 aromatic carbocycles. The summed E-state index contributed by atoms with van der Waals surface area (Å²) in [5.74, 6) is 0.349. The lowest BCUT2D eigenvalue weighted by Crippen LogP contribution is -2.27. The van der Waals surface area contributed by atoms with E-state index in [0.717, 1.165) is 25.1 Å². The van der Waals surface area contributed by atoms with Crippen LogP contribution in [0.4, 0.5) is 16.2 Å². The maximum atomic E-state index is 12.7. The summed E-state index contributed by atoms with van der Waals surface area (Å²) in [6, 6.07) is 9.57. The first-order valence-corrected chi connectivity index (χ1v) is 10.5. The largest absolute Gasteiger partial charge is 0.364 e. The third-order valence-electron chi connectivity index (χ3n) is 4.60. The third kappa shape index (κ3) is 4.86. The molecule has 11 heteroatoms. The highest BCUT2D eigenvalue weighted by molar-refractivity contribution is 7.19. The Kier molecular flexibility index (Phi) is 6.40. The zero-order valence-electron chi connectivity index (χ0n) is 16.4. The van der Waals surface area contributed by atoms with Crippen molar-refractivity contribution in [2.75, 3.05) is 35.2 Å². The Morgan fingerprint density at radius 2 is 2.07 bits per heavy atom. The molecule has 0 bridgehead atoms. The highest BCUT2D eigenvalue weighted by Crippen LogP contribution is 2.26. The van der Waals surface area contributed by atoms with Crippen molar-refractivity contribution >= 4 is 33.5 Å². The molecule has 1 aliphatic rings. The van der Waals surface area contributed by atoms with E-state index in [0.29, 0.717) is 22.8 Å². The predicted molar refractivity (Wildman–Crippen MR) is 113 cm³/mol. The van der Waals surface area contributed by atoms with Crippen LogP contribution in [0.15, 0.2) is 42.7 Å². The quantitative estimate of drug-likeness (QED) is 0.558. The standard InChI is InChI=1S/C19H22N8O2S/c1-2-29-15(13-6-4-3-5-7-13)16(28)23-19-26-25-18(30-19)22-14-8-11-27(12-14)17-20-9-10-21-24-17/h3-7,9-10,14-15H,2,8,11-12H2,1H3,(H,22,25)(H,23,26,28). The van der Waals surface area contributed by atoms with Gasteiger partial charge in [0.2, 0.25) is 16.2 Å². The fraction of sp³-hybridized carbons (Fsp3) is 0.368. The van der Waals surface area contributed by atoms with Gasteiger partial charge in [-0.3, -0.25) is 10.1 Å². The number of aromatic nitrogens is 5. The predicted octanol–water partition coefficient (Wildman–Crippen LogP) is 2.13. The molecule has 2 aromatic heterocycles. The molecule has 3 heterocycles. The highest BCUT2D eigenvalue weighted by atomic mass is 32.1. The molecule has 0 spiro atoms. The van der Waals surface area contributed by atoms with E-state index >= 15 is 0 Å². The highest BCUT2D eigenvalue weighted by Gasteiger charge is 2.26. The molecule has 0 radical (unpaired) electrons. The summed E-state index contributed by atoms with van der Waals surface area (Å²) in [4.78, 5) is 19.0. The molecule has 30 heavy (non-hydrogen) atoms. The summed E-state index contributed by atoms with van der Waals surface area (Å²) in [7, 11) is 0. The van der Waals surface area contributed by atoms with E-state index in [1.54, 1.807) is 12.4 Å². The van der Waals surface area contributed by atoms with Crippen LogP contribution >= 0.6 is 11.3 Å². The minimum absolute atomic E-state index is 0.186. The second-order valence-corrected chi connectivity index (χ2v) is 7.64. The minimum Gasteiger partial charge on any atom is -0.364 e. The normalized spacial score (nSPS) is 17.0. The summed E-state index contributed by atoms with van der Waals surface area (Å²) in [6.45, 7) is 3.86. The molecule has 2 unspecified atom stereocenters. The van der Waals surface area contributed by atoms with E-state index in [4.69, 9.17) is 4.74 Å². The fourth-order valence-corrected chi connectivity index (χ4v) is 3.96. The zero-order valence-corrected chi connectivity index (χ0v) is 17.2. The molecule has 0 saturated carbocycles. The zero-order chi connectivity index (χ0) is 20.8. The van der Waals surface area contributed by atoms with Crippen LogP contribution < -0.4 is 15.5 Å². The Bertz CT molecular complexity index is 955. The van der Waals surface area contributed by atoms with Crippen LogP contribution in [-0.4, -0.2) is 57.0 Å². The van der Waals surface area contributed by atoms with Crippen LogP contribution in [0.25, 0.3) is 0 Å². The lowest BCUT2D eigenvalue weighted by molar-refractivity contribution is -0.127. The number of hydrogen-bond donors (Lipinski definition) is 2. The van der Waals surface area contributed by atoms with Crippen LogP contribution in [0.3, 0.4) is 0 Å². The Labute approximate surface area is 177 Å². The summed E-state index contributed by atoms with van der Waals surface area (Å²) >= 11 is 1.29. The van der Waals surface area contributed by atoms with Gasteiger partial charge < -0.3 is 15.0 Å². The monoisotopic (exact) mass is 426 g/mol. The number of hydrogen-bond acceptors (Lipinski definition) is 10. The molecule has 2 atom stereocenters. The number of carbonyl (C=O) groups is 1. The van der Waals surface area contributed by atoms with Crippen molar-refractivity contribution in [1.82, 2.24) is 25.4 Å². The first kappa shape index (κ1) is 20.1. The van der Waals surface area contributed by atoms with Gasteiger partial charge in [-0.2, -0.15) is 5.10 Å². The second kappa shape index (κ2) is 9.55. The van der Waals surface area contributed by atoms with Crippen molar-refractivity contribution in [2.45, 2.75) is 25.5 Å². The second-order valence-electron chi connectivity index (χ2n) is 6.67. The summed E-state index contributed by atoms with van der Waals surface area (Å²) in [5, 5.41) is 23.4. The molecule has 156 valence electrons. The molecular formula is C19H22N8O2S. The summed E-state index contributed by atoms with van der Waals surface area (Å²) in [6.07, 6.45) is 3.41. The van der Waals surface area contributed by atoms with Crippen LogP contribution in [0.1, 0.15) is 25.0 Å². The van der Waals surface area contributed by atoms with Gasteiger partial charge in [0, 0.05) is 25.7 Å². The molecule has 1 amide bonds. The molecule has 1 saturated heterocycles. The Hall–Kier alpha value is -3.18. The summed E-state index contributed by atoms with van der Waals surface area (Å²) < 4.78 is 5.64. The molecule has 1 aliphatic heterocycles. The van der Waals surface area contributed by atoms with E-state index in [1.807, 2.05) is 37.3 Å². The minimum atomic E-state index is -0.695. The lowest BCUT2D eigenvalue weighted by Gasteiger charge is -2.16. The molecule has 3 aromatic rings. The smallest absolute Gasteiger partial charge is 0.259 e. The number of rotatable bonds is 8. The molecule has 2 N–H and O–H groups in total. The van der Waals surface area contributed by atoms with Gasteiger partial charge in [0.1, 0.15) is 0 Å². The SMILES string of the molecule is CCOC(C(=O)Nc1nnc(NC2CCN(c3nccnn3)C2)s1)c1ccccc1. The number of benzene rings is 1. The fourth-order valence-electron chi connectivity index (χ4n) is 3.24. The molecule has 0 aliphatic carbocycles. The van der Waals surface area contributed by atoms with Crippen LogP contribution in [0.5, 0.6) is 0 Å². The maximum Gasteiger partial charge on any atom is 0.259 e. The average molecular weight is 427 g/mol. The number of nitrogens with one attached hydrogen (secondary N) is 2. The first-order chi connectivity index (χ1) is 14.7. The van der Waals surface area contributed by atoms with Gasteiger partial charge in [-0.25, -0.2) is 4.98 Å². The number of nitrogens with zero attached hydrogens (tertiary/aromatic N) is 6. The van der Waals surface area contributed by atoms with E-state index in [9.17, 15) is 4.79 Å². The number of amides is 1. The number of anilines is 3. The van der Waals surface area contributed by atoms with E-state index in [2.05, 4.69) is 40.9 Å². The topological polar surface area (TPSA) is 118 Å². The lowest BCUT2D eigenvalue weighted by atomic mass is 10.1. The summed E-state index contributed by atoms with van der Waals surface area (Å²) in [5.41, 5.74) is 0.795. The third-order valence-corrected chi connectivity index (χ3v) is 5.37. The first-order valence-electron chi connectivity index (χ1n) is 9.69. The van der Waals surface area contributed by atoms with Crippen LogP contribution in [0.2, 0.25) is 0 Å². The Morgan fingerprint density at radius 3 is 2.83 bits per heavy atom. The van der Waals surface area contributed by atoms with Crippen molar-refractivity contribution < 1.29 is 9.53 Å². The van der Waals surface area contributed by atoms with Crippen molar-refractivity contribution in [3.63, 3.8) is 0 Å².